The third-order valence-electron chi connectivity index (χ3n) is 8.86. The first-order valence-corrected chi connectivity index (χ1v) is 13.7. The highest BCUT2D eigenvalue weighted by atomic mass is 16.3. The van der Waals surface area contributed by atoms with Crippen molar-refractivity contribution in [2.45, 2.75) is 143 Å². The predicted molar refractivity (Wildman–Crippen MR) is 130 cm³/mol. The number of hydrogen-bond acceptors (Lipinski definition) is 2. The molecule has 2 fully saturated rings. The van der Waals surface area contributed by atoms with Crippen molar-refractivity contribution in [3.05, 3.63) is 0 Å². The van der Waals surface area contributed by atoms with Gasteiger partial charge in [-0.1, -0.05) is 91.4 Å². The molecule has 0 radical (unpaired) electrons. The van der Waals surface area contributed by atoms with E-state index in [9.17, 15) is 10.2 Å². The van der Waals surface area contributed by atoms with Crippen LogP contribution >= 0.6 is 0 Å². The summed E-state index contributed by atoms with van der Waals surface area (Å²) in [5, 5.41) is 21.0. The largest absolute Gasteiger partial charge is 0.393 e. The van der Waals surface area contributed by atoms with E-state index >= 15 is 0 Å². The molecule has 2 nitrogen and oxygen atoms in total. The van der Waals surface area contributed by atoms with Crippen LogP contribution in [0.4, 0.5) is 0 Å². The number of hydrogen-bond donors (Lipinski definition) is 2. The van der Waals surface area contributed by atoms with Gasteiger partial charge in [0, 0.05) is 0 Å². The Morgan fingerprint density at radius 2 is 1.53 bits per heavy atom. The van der Waals surface area contributed by atoms with Crippen molar-refractivity contribution in [2.75, 3.05) is 0 Å². The molecule has 178 valence electrons. The quantitative estimate of drug-likeness (QED) is 0.318. The van der Waals surface area contributed by atoms with Crippen molar-refractivity contribution in [3.8, 4) is 0 Å². The fourth-order valence-electron chi connectivity index (χ4n) is 6.55. The standard InChI is InChI=1S/C28H54O2/c1-21-11-8-13-25(19-21)14-9-12-22(2)28(30)18-10-17-27(24(4)29)20-23(3)26-15-6-5-7-16-26/h21-30H,5-20H2,1-4H3/t21?,22?,23?,24-,25?,27-,28?/m0/s1. The summed E-state index contributed by atoms with van der Waals surface area (Å²) >= 11 is 0. The zero-order chi connectivity index (χ0) is 21.9. The zero-order valence-electron chi connectivity index (χ0n) is 20.8. The van der Waals surface area contributed by atoms with E-state index in [1.54, 1.807) is 0 Å². The summed E-state index contributed by atoms with van der Waals surface area (Å²) in [6.07, 6.45) is 20.3. The van der Waals surface area contributed by atoms with E-state index in [1.807, 2.05) is 6.92 Å². The van der Waals surface area contributed by atoms with Gasteiger partial charge in [-0.15, -0.1) is 0 Å². The van der Waals surface area contributed by atoms with Crippen molar-refractivity contribution in [1.29, 1.82) is 0 Å². The van der Waals surface area contributed by atoms with Crippen LogP contribution in [-0.4, -0.2) is 22.4 Å². The lowest BCUT2D eigenvalue weighted by atomic mass is 9.75. The lowest BCUT2D eigenvalue weighted by Gasteiger charge is -2.31. The van der Waals surface area contributed by atoms with Gasteiger partial charge in [-0.05, 0) is 74.5 Å². The van der Waals surface area contributed by atoms with Gasteiger partial charge in [0.15, 0.2) is 0 Å². The smallest absolute Gasteiger partial charge is 0.0565 e. The lowest BCUT2D eigenvalue weighted by molar-refractivity contribution is 0.0739. The summed E-state index contributed by atoms with van der Waals surface area (Å²) in [6.45, 7) is 9.04. The van der Waals surface area contributed by atoms with Crippen LogP contribution in [0.25, 0.3) is 0 Å². The minimum atomic E-state index is -0.219. The molecule has 0 heterocycles. The van der Waals surface area contributed by atoms with Crippen LogP contribution in [0.15, 0.2) is 0 Å². The van der Waals surface area contributed by atoms with Gasteiger partial charge in [-0.25, -0.2) is 0 Å². The van der Waals surface area contributed by atoms with Gasteiger partial charge < -0.3 is 10.2 Å². The molecule has 5 unspecified atom stereocenters. The summed E-state index contributed by atoms with van der Waals surface area (Å²) in [5.41, 5.74) is 0. The molecule has 2 aliphatic rings. The maximum atomic E-state index is 10.7. The maximum absolute atomic E-state index is 10.7. The molecule has 2 saturated carbocycles. The molecule has 0 aromatic carbocycles. The van der Waals surface area contributed by atoms with E-state index in [0.717, 1.165) is 49.4 Å². The van der Waals surface area contributed by atoms with Crippen molar-refractivity contribution < 1.29 is 10.2 Å². The summed E-state index contributed by atoms with van der Waals surface area (Å²) in [7, 11) is 0. The normalized spacial score (nSPS) is 28.6. The molecular formula is C28H54O2. The van der Waals surface area contributed by atoms with Crippen LogP contribution < -0.4 is 0 Å². The van der Waals surface area contributed by atoms with Crippen LogP contribution in [0.1, 0.15) is 130 Å². The third kappa shape index (κ3) is 9.60. The Morgan fingerprint density at radius 1 is 0.800 bits per heavy atom. The highest BCUT2D eigenvalue weighted by molar-refractivity contribution is 4.77. The number of rotatable bonds is 13. The number of aliphatic hydroxyl groups is 2. The molecule has 0 saturated heterocycles. The van der Waals surface area contributed by atoms with Crippen molar-refractivity contribution in [1.82, 2.24) is 0 Å². The summed E-state index contributed by atoms with van der Waals surface area (Å²) in [5.74, 6) is 4.29. The summed E-state index contributed by atoms with van der Waals surface area (Å²) in [6, 6.07) is 0. The molecular weight excluding hydrogens is 368 g/mol. The van der Waals surface area contributed by atoms with Crippen molar-refractivity contribution in [3.63, 3.8) is 0 Å². The summed E-state index contributed by atoms with van der Waals surface area (Å²) in [4.78, 5) is 0. The third-order valence-corrected chi connectivity index (χ3v) is 8.86. The van der Waals surface area contributed by atoms with Crippen molar-refractivity contribution in [2.24, 2.45) is 35.5 Å². The monoisotopic (exact) mass is 422 g/mol. The van der Waals surface area contributed by atoms with Gasteiger partial charge in [0.25, 0.3) is 0 Å². The van der Waals surface area contributed by atoms with Gasteiger partial charge in [0.05, 0.1) is 12.2 Å². The Kier molecular flexibility index (Phi) is 12.3. The van der Waals surface area contributed by atoms with E-state index in [4.69, 9.17) is 0 Å². The molecule has 0 aromatic heterocycles. The Bertz CT molecular complexity index is 428. The molecule has 0 aromatic rings. The maximum Gasteiger partial charge on any atom is 0.0565 e. The molecule has 2 N–H and O–H groups in total. The molecule has 2 aliphatic carbocycles. The second-order valence-electron chi connectivity index (χ2n) is 11.7. The molecule has 0 spiro atoms. The first-order valence-electron chi connectivity index (χ1n) is 13.7. The Morgan fingerprint density at radius 3 is 2.20 bits per heavy atom. The van der Waals surface area contributed by atoms with Gasteiger partial charge in [-0.3, -0.25) is 0 Å². The SMILES string of the molecule is CC1CCCC(CCCC(C)C(O)CCC[C@@H](CC(C)C2CCCCC2)[C@H](C)O)C1. The van der Waals surface area contributed by atoms with E-state index < -0.39 is 0 Å². The molecule has 2 heteroatoms. The average molecular weight is 423 g/mol. The lowest BCUT2D eigenvalue weighted by Crippen LogP contribution is -2.25. The minimum Gasteiger partial charge on any atom is -0.393 e. The van der Waals surface area contributed by atoms with Crippen molar-refractivity contribution >= 4 is 0 Å². The second-order valence-corrected chi connectivity index (χ2v) is 11.7. The molecule has 2 rings (SSSR count). The first-order chi connectivity index (χ1) is 14.4. The molecule has 7 atom stereocenters. The van der Waals surface area contributed by atoms with Gasteiger partial charge in [-0.2, -0.15) is 0 Å². The molecule has 30 heavy (non-hydrogen) atoms. The molecule has 0 bridgehead atoms. The van der Waals surface area contributed by atoms with Crippen LogP contribution in [0.3, 0.4) is 0 Å². The topological polar surface area (TPSA) is 40.5 Å². The fraction of sp³-hybridized carbons (Fsp3) is 1.00. The minimum absolute atomic E-state index is 0.166. The predicted octanol–water partition coefficient (Wildman–Crippen LogP) is 7.75. The summed E-state index contributed by atoms with van der Waals surface area (Å²) < 4.78 is 0. The van der Waals surface area contributed by atoms with Crippen LogP contribution in [0.5, 0.6) is 0 Å². The van der Waals surface area contributed by atoms with Crippen LogP contribution in [-0.2, 0) is 0 Å². The van der Waals surface area contributed by atoms with E-state index in [0.29, 0.717) is 11.8 Å². The van der Waals surface area contributed by atoms with E-state index in [1.165, 1.54) is 77.0 Å². The molecule has 0 aliphatic heterocycles. The van der Waals surface area contributed by atoms with Gasteiger partial charge in [0.2, 0.25) is 0 Å². The zero-order valence-corrected chi connectivity index (χ0v) is 20.8. The van der Waals surface area contributed by atoms with E-state index in [2.05, 4.69) is 20.8 Å². The Hall–Kier alpha value is -0.0800. The van der Waals surface area contributed by atoms with Gasteiger partial charge in [0.1, 0.15) is 0 Å². The highest BCUT2D eigenvalue weighted by Crippen LogP contribution is 2.35. The van der Waals surface area contributed by atoms with Crippen LogP contribution in [0, 0.1) is 35.5 Å². The fourth-order valence-corrected chi connectivity index (χ4v) is 6.55. The number of aliphatic hydroxyl groups excluding tert-OH is 2. The first kappa shape index (κ1) is 26.2. The van der Waals surface area contributed by atoms with E-state index in [-0.39, 0.29) is 12.2 Å². The Balaban J connectivity index is 1.61. The Labute approximate surface area is 188 Å². The highest BCUT2D eigenvalue weighted by Gasteiger charge is 2.26. The van der Waals surface area contributed by atoms with Gasteiger partial charge >= 0.3 is 0 Å². The second kappa shape index (κ2) is 14.1. The van der Waals surface area contributed by atoms with Crippen LogP contribution in [0.2, 0.25) is 0 Å². The molecule has 0 amide bonds. The average Bonchev–Trinajstić information content (AvgIpc) is 2.73.